The van der Waals surface area contributed by atoms with Crippen molar-refractivity contribution in [3.05, 3.63) is 0 Å². The third-order valence-electron chi connectivity index (χ3n) is 3.87. The van der Waals surface area contributed by atoms with Crippen molar-refractivity contribution in [2.24, 2.45) is 20.8 Å². The first-order valence-corrected chi connectivity index (χ1v) is 8.78. The second-order valence-electron chi connectivity index (χ2n) is 7.92. The first kappa shape index (κ1) is 16.7. The van der Waals surface area contributed by atoms with Crippen LogP contribution >= 0.6 is 11.8 Å². The van der Waals surface area contributed by atoms with Gasteiger partial charge in [-0.1, -0.05) is 41.5 Å². The Balaban J connectivity index is 1.76. The molecule has 4 nitrogen and oxygen atoms in total. The Bertz CT molecular complexity index is 393. The van der Waals surface area contributed by atoms with E-state index in [1.807, 2.05) is 0 Å². The van der Waals surface area contributed by atoms with Crippen LogP contribution in [-0.4, -0.2) is 48.6 Å². The van der Waals surface area contributed by atoms with Crippen molar-refractivity contribution in [2.45, 2.75) is 53.6 Å². The van der Waals surface area contributed by atoms with E-state index in [1.165, 1.54) is 0 Å². The minimum Gasteiger partial charge on any atom is -0.478 e. The molecule has 2 atom stereocenters. The second-order valence-corrected chi connectivity index (χ2v) is 8.91. The quantitative estimate of drug-likeness (QED) is 0.799. The van der Waals surface area contributed by atoms with E-state index in [2.05, 4.69) is 51.5 Å². The fourth-order valence-corrected chi connectivity index (χ4v) is 2.88. The summed E-state index contributed by atoms with van der Waals surface area (Å²) in [6.07, 6.45) is 0. The van der Waals surface area contributed by atoms with Gasteiger partial charge >= 0.3 is 0 Å². The average molecular weight is 312 g/mol. The fraction of sp³-hybridized carbons (Fsp3) is 0.875. The Morgan fingerprint density at radius 2 is 1.24 bits per heavy atom. The first-order valence-electron chi connectivity index (χ1n) is 7.63. The zero-order valence-electron chi connectivity index (χ0n) is 14.1. The molecule has 2 aliphatic heterocycles. The van der Waals surface area contributed by atoms with E-state index < -0.39 is 0 Å². The summed E-state index contributed by atoms with van der Waals surface area (Å²) in [4.78, 5) is 9.34. The van der Waals surface area contributed by atoms with Crippen LogP contribution in [0, 0.1) is 10.8 Å². The Labute approximate surface area is 132 Å². The standard InChI is InChI=1S/C16H28N2O2S/c1-15(2,3)11-7-19-13(17-11)9-21-10-14-18-12(8-20-14)16(4,5)6/h11-12H,7-10H2,1-6H3/t11-,12+. The molecule has 0 aliphatic carbocycles. The maximum Gasteiger partial charge on any atom is 0.194 e. The van der Waals surface area contributed by atoms with E-state index in [9.17, 15) is 0 Å². The molecule has 5 heteroatoms. The van der Waals surface area contributed by atoms with E-state index in [0.29, 0.717) is 13.2 Å². The lowest BCUT2D eigenvalue weighted by molar-refractivity contribution is 0.235. The SMILES string of the molecule is CC(C)(C)[C@@H]1COC(CSCC2=N[C@@H](C(C)(C)C)CO2)=N1. The summed E-state index contributed by atoms with van der Waals surface area (Å²) in [6, 6.07) is 0.553. The Morgan fingerprint density at radius 3 is 1.52 bits per heavy atom. The molecule has 0 bridgehead atoms. The van der Waals surface area contributed by atoms with Crippen molar-refractivity contribution < 1.29 is 9.47 Å². The van der Waals surface area contributed by atoms with Crippen molar-refractivity contribution in [1.29, 1.82) is 0 Å². The van der Waals surface area contributed by atoms with Gasteiger partial charge in [0.05, 0.1) is 23.6 Å². The lowest BCUT2D eigenvalue weighted by Gasteiger charge is -2.21. The number of ether oxygens (including phenoxy) is 2. The molecule has 0 saturated carbocycles. The Hall–Kier alpha value is -0.710. The van der Waals surface area contributed by atoms with Gasteiger partial charge in [-0.15, -0.1) is 11.8 Å². The van der Waals surface area contributed by atoms with Crippen LogP contribution in [-0.2, 0) is 9.47 Å². The molecular formula is C16H28N2O2S. The first-order chi connectivity index (χ1) is 9.66. The molecule has 2 aliphatic rings. The van der Waals surface area contributed by atoms with Crippen molar-refractivity contribution in [3.63, 3.8) is 0 Å². The molecule has 0 aromatic carbocycles. The van der Waals surface area contributed by atoms with Gasteiger partial charge in [-0.3, -0.25) is 0 Å². The van der Waals surface area contributed by atoms with Crippen molar-refractivity contribution in [2.75, 3.05) is 24.7 Å². The fourth-order valence-electron chi connectivity index (χ4n) is 2.12. The minimum absolute atomic E-state index is 0.172. The number of aliphatic imine (C=N–C) groups is 2. The summed E-state index contributed by atoms with van der Waals surface area (Å²) in [7, 11) is 0. The smallest absolute Gasteiger partial charge is 0.194 e. The molecule has 0 amide bonds. The molecule has 120 valence electrons. The van der Waals surface area contributed by atoms with E-state index in [-0.39, 0.29) is 22.9 Å². The third-order valence-corrected chi connectivity index (χ3v) is 4.77. The van der Waals surface area contributed by atoms with Gasteiger partial charge in [-0.2, -0.15) is 0 Å². The molecule has 21 heavy (non-hydrogen) atoms. The van der Waals surface area contributed by atoms with Crippen LogP contribution in [0.15, 0.2) is 9.98 Å². The third kappa shape index (κ3) is 4.63. The summed E-state index contributed by atoms with van der Waals surface area (Å²) >= 11 is 1.76. The normalized spacial score (nSPS) is 26.2. The van der Waals surface area contributed by atoms with Crippen LogP contribution in [0.25, 0.3) is 0 Å². The molecule has 0 saturated heterocycles. The molecule has 0 radical (unpaired) electrons. The molecule has 0 N–H and O–H groups in total. The molecule has 0 spiro atoms. The van der Waals surface area contributed by atoms with Crippen LogP contribution in [0.5, 0.6) is 0 Å². The van der Waals surface area contributed by atoms with Crippen LogP contribution in [0.4, 0.5) is 0 Å². The topological polar surface area (TPSA) is 43.2 Å². The van der Waals surface area contributed by atoms with E-state index in [0.717, 1.165) is 23.3 Å². The van der Waals surface area contributed by atoms with Gasteiger partial charge in [0.2, 0.25) is 0 Å². The van der Waals surface area contributed by atoms with Crippen LogP contribution in [0.1, 0.15) is 41.5 Å². The van der Waals surface area contributed by atoms with Crippen LogP contribution in [0.2, 0.25) is 0 Å². The molecule has 2 heterocycles. The summed E-state index contributed by atoms with van der Waals surface area (Å²) in [5.41, 5.74) is 0.343. The summed E-state index contributed by atoms with van der Waals surface area (Å²) in [6.45, 7) is 14.6. The molecule has 0 aromatic heterocycles. The van der Waals surface area contributed by atoms with Gasteiger partial charge in [-0.25, -0.2) is 9.98 Å². The average Bonchev–Trinajstić information content (AvgIpc) is 2.95. The lowest BCUT2D eigenvalue weighted by Crippen LogP contribution is -2.25. The highest BCUT2D eigenvalue weighted by Crippen LogP contribution is 2.28. The second kappa shape index (κ2) is 6.19. The monoisotopic (exact) mass is 312 g/mol. The Kier molecular flexibility index (Phi) is 4.91. The maximum atomic E-state index is 5.68. The highest BCUT2D eigenvalue weighted by molar-refractivity contribution is 8.00. The lowest BCUT2D eigenvalue weighted by atomic mass is 9.88. The van der Waals surface area contributed by atoms with Crippen LogP contribution < -0.4 is 0 Å². The minimum atomic E-state index is 0.172. The number of rotatable bonds is 4. The molecular weight excluding hydrogens is 284 g/mol. The summed E-state index contributed by atoms with van der Waals surface area (Å²) in [5.74, 6) is 3.33. The zero-order chi connectivity index (χ0) is 15.7. The van der Waals surface area contributed by atoms with Crippen molar-refractivity contribution >= 4 is 23.6 Å². The van der Waals surface area contributed by atoms with Gasteiger partial charge < -0.3 is 9.47 Å². The van der Waals surface area contributed by atoms with Crippen molar-refractivity contribution in [1.82, 2.24) is 0 Å². The predicted molar refractivity (Wildman–Crippen MR) is 90.6 cm³/mol. The van der Waals surface area contributed by atoms with E-state index in [1.54, 1.807) is 11.8 Å². The van der Waals surface area contributed by atoms with Gasteiger partial charge in [0.1, 0.15) is 13.2 Å². The molecule has 2 rings (SSSR count). The number of hydrogen-bond donors (Lipinski definition) is 0. The van der Waals surface area contributed by atoms with E-state index in [4.69, 9.17) is 9.47 Å². The van der Waals surface area contributed by atoms with Gasteiger partial charge in [0, 0.05) is 0 Å². The van der Waals surface area contributed by atoms with Crippen LogP contribution in [0.3, 0.4) is 0 Å². The molecule has 0 fully saturated rings. The van der Waals surface area contributed by atoms with Gasteiger partial charge in [-0.05, 0) is 10.8 Å². The highest BCUT2D eigenvalue weighted by atomic mass is 32.2. The largest absolute Gasteiger partial charge is 0.478 e. The summed E-state index contributed by atoms with van der Waals surface area (Å²) < 4.78 is 11.4. The molecule has 0 unspecified atom stereocenters. The maximum absolute atomic E-state index is 5.68. The van der Waals surface area contributed by atoms with Gasteiger partial charge in [0.15, 0.2) is 11.8 Å². The number of thioether (sulfide) groups is 1. The highest BCUT2D eigenvalue weighted by Gasteiger charge is 2.31. The van der Waals surface area contributed by atoms with Crippen molar-refractivity contribution in [3.8, 4) is 0 Å². The number of nitrogens with zero attached hydrogens (tertiary/aromatic N) is 2. The van der Waals surface area contributed by atoms with Gasteiger partial charge in [0.25, 0.3) is 0 Å². The van der Waals surface area contributed by atoms with E-state index >= 15 is 0 Å². The number of hydrogen-bond acceptors (Lipinski definition) is 5. The zero-order valence-corrected chi connectivity index (χ0v) is 14.9. The molecule has 0 aromatic rings. The predicted octanol–water partition coefficient (Wildman–Crippen LogP) is 3.41. The Morgan fingerprint density at radius 1 is 0.857 bits per heavy atom. The summed E-state index contributed by atoms with van der Waals surface area (Å²) in [5, 5.41) is 0.